The number of benzene rings is 2. The van der Waals surface area contributed by atoms with Crippen molar-refractivity contribution in [3.63, 3.8) is 0 Å². The maximum Gasteiger partial charge on any atom is 0.255 e. The molecule has 0 aromatic heterocycles. The zero-order valence-electron chi connectivity index (χ0n) is 19.0. The summed E-state index contributed by atoms with van der Waals surface area (Å²) in [7, 11) is 0. The summed E-state index contributed by atoms with van der Waals surface area (Å²) >= 11 is 0. The molecule has 1 saturated heterocycles. The number of nitrogens with zero attached hydrogens (tertiary/aromatic N) is 1. The van der Waals surface area contributed by atoms with Crippen molar-refractivity contribution in [1.82, 2.24) is 15.5 Å². The summed E-state index contributed by atoms with van der Waals surface area (Å²) in [6, 6.07) is 10.7. The monoisotopic (exact) mass is 437 g/mol. The number of carbonyl (C=O) groups excluding carboxylic acids is 2. The number of aromatic hydroxyl groups is 1. The molecular weight excluding hydrogens is 402 g/mol. The first-order valence-electron chi connectivity index (χ1n) is 12.1. The van der Waals surface area contributed by atoms with E-state index in [1.165, 1.54) is 32.1 Å². The Morgan fingerprint density at radius 2 is 1.88 bits per heavy atom. The molecule has 6 nitrogen and oxygen atoms in total. The quantitative estimate of drug-likeness (QED) is 0.615. The zero-order valence-corrected chi connectivity index (χ0v) is 19.0. The molecule has 1 aliphatic heterocycles. The molecule has 0 spiro atoms. The van der Waals surface area contributed by atoms with Gasteiger partial charge in [0.15, 0.2) is 0 Å². The van der Waals surface area contributed by atoms with Gasteiger partial charge in [-0.15, -0.1) is 0 Å². The van der Waals surface area contributed by atoms with Gasteiger partial charge in [-0.3, -0.25) is 14.5 Å². The van der Waals surface area contributed by atoms with E-state index in [1.807, 2.05) is 37.3 Å². The van der Waals surface area contributed by atoms with Crippen molar-refractivity contribution >= 4 is 22.6 Å². The smallest absolute Gasteiger partial charge is 0.255 e. The van der Waals surface area contributed by atoms with Gasteiger partial charge in [-0.1, -0.05) is 56.5 Å². The van der Waals surface area contributed by atoms with Crippen LogP contribution in [-0.4, -0.2) is 53.5 Å². The number of hydrogen-bond acceptors (Lipinski definition) is 4. The van der Waals surface area contributed by atoms with Crippen molar-refractivity contribution in [2.45, 2.75) is 64.0 Å². The standard InChI is InChI=1S/C26H35N3O3/c1-2-14-27-26(32)23-15-20(17-29(23)16-18-8-4-3-5-9-18)28-25(31)22-13-12-19-10-6-7-11-21(19)24(22)30/h6-7,10-13,18,20,23,30H,2-5,8-9,14-17H2,1H3,(H,27,32)(H,28,31)/t20-,23-/m0/s1. The number of nitrogens with one attached hydrogen (secondary N) is 2. The number of phenolic OH excluding ortho intramolecular Hbond substituents is 1. The Labute approximate surface area is 190 Å². The van der Waals surface area contributed by atoms with E-state index in [0.29, 0.717) is 30.8 Å². The van der Waals surface area contributed by atoms with E-state index in [0.717, 1.165) is 18.4 Å². The van der Waals surface area contributed by atoms with Gasteiger partial charge in [0.05, 0.1) is 11.6 Å². The first-order valence-corrected chi connectivity index (χ1v) is 12.1. The zero-order chi connectivity index (χ0) is 22.5. The highest BCUT2D eigenvalue weighted by Crippen LogP contribution is 2.30. The van der Waals surface area contributed by atoms with E-state index in [4.69, 9.17) is 0 Å². The average Bonchev–Trinajstić information content (AvgIpc) is 3.20. The maximum absolute atomic E-state index is 13.0. The van der Waals surface area contributed by atoms with Gasteiger partial charge in [-0.2, -0.15) is 0 Å². The number of likely N-dealkylation sites (tertiary alicyclic amines) is 1. The normalized spacial score (nSPS) is 22.2. The summed E-state index contributed by atoms with van der Waals surface area (Å²) in [5, 5.41) is 18.4. The summed E-state index contributed by atoms with van der Waals surface area (Å²) < 4.78 is 0. The van der Waals surface area contributed by atoms with E-state index in [9.17, 15) is 14.7 Å². The predicted octanol–water partition coefficient (Wildman–Crippen LogP) is 3.82. The summed E-state index contributed by atoms with van der Waals surface area (Å²) in [5.41, 5.74) is 0.279. The second-order valence-electron chi connectivity index (χ2n) is 9.35. The van der Waals surface area contributed by atoms with Crippen LogP contribution in [0.1, 0.15) is 62.2 Å². The molecule has 3 N–H and O–H groups in total. The third kappa shape index (κ3) is 5.07. The van der Waals surface area contributed by atoms with E-state index in [2.05, 4.69) is 15.5 Å². The van der Waals surface area contributed by atoms with E-state index < -0.39 is 0 Å². The molecule has 2 aromatic carbocycles. The molecule has 2 aliphatic rings. The van der Waals surface area contributed by atoms with Crippen molar-refractivity contribution < 1.29 is 14.7 Å². The lowest BCUT2D eigenvalue weighted by Crippen LogP contribution is -2.45. The fourth-order valence-electron chi connectivity index (χ4n) is 5.25. The molecule has 4 rings (SSSR count). The molecular formula is C26H35N3O3. The van der Waals surface area contributed by atoms with Crippen LogP contribution in [0.5, 0.6) is 5.75 Å². The van der Waals surface area contributed by atoms with Crippen LogP contribution in [0.2, 0.25) is 0 Å². The van der Waals surface area contributed by atoms with E-state index >= 15 is 0 Å². The maximum atomic E-state index is 13.0. The Bertz CT molecular complexity index is 954. The van der Waals surface area contributed by atoms with Crippen molar-refractivity contribution in [1.29, 1.82) is 0 Å². The molecule has 6 heteroatoms. The minimum Gasteiger partial charge on any atom is -0.506 e. The fraction of sp³-hybridized carbons (Fsp3) is 0.538. The molecule has 1 aliphatic carbocycles. The fourth-order valence-corrected chi connectivity index (χ4v) is 5.25. The molecule has 0 bridgehead atoms. The van der Waals surface area contributed by atoms with E-state index in [1.54, 1.807) is 6.07 Å². The Kier molecular flexibility index (Phi) is 7.30. The Morgan fingerprint density at radius 3 is 2.66 bits per heavy atom. The highest BCUT2D eigenvalue weighted by molar-refractivity contribution is 6.03. The third-order valence-corrected chi connectivity index (χ3v) is 6.95. The van der Waals surface area contributed by atoms with Gasteiger partial charge in [-0.25, -0.2) is 0 Å². The first kappa shape index (κ1) is 22.6. The van der Waals surface area contributed by atoms with E-state index in [-0.39, 0.29) is 35.2 Å². The second kappa shape index (κ2) is 10.3. The average molecular weight is 438 g/mol. The summed E-state index contributed by atoms with van der Waals surface area (Å²) in [6.07, 6.45) is 7.80. The van der Waals surface area contributed by atoms with Crippen LogP contribution >= 0.6 is 0 Å². The van der Waals surface area contributed by atoms with Crippen molar-refractivity contribution in [3.8, 4) is 5.75 Å². The van der Waals surface area contributed by atoms with Gasteiger partial charge in [0, 0.05) is 31.1 Å². The summed E-state index contributed by atoms with van der Waals surface area (Å²) in [6.45, 7) is 4.31. The Balaban J connectivity index is 1.46. The van der Waals surface area contributed by atoms with Crippen LogP contribution in [-0.2, 0) is 4.79 Å². The molecule has 2 atom stereocenters. The topological polar surface area (TPSA) is 81.7 Å². The number of amides is 2. The molecule has 2 fully saturated rings. The summed E-state index contributed by atoms with van der Waals surface area (Å²) in [5.74, 6) is 0.414. The van der Waals surface area contributed by atoms with Crippen molar-refractivity contribution in [2.24, 2.45) is 5.92 Å². The lowest BCUT2D eigenvalue weighted by Gasteiger charge is -2.30. The van der Waals surface area contributed by atoms with Crippen LogP contribution in [0.25, 0.3) is 10.8 Å². The van der Waals surface area contributed by atoms with Gasteiger partial charge >= 0.3 is 0 Å². The number of hydrogen-bond donors (Lipinski definition) is 3. The minimum atomic E-state index is -0.287. The van der Waals surface area contributed by atoms with Gasteiger partial charge in [0.2, 0.25) is 5.91 Å². The number of fused-ring (bicyclic) bond motifs is 1. The van der Waals surface area contributed by atoms with Crippen LogP contribution in [0.4, 0.5) is 0 Å². The Morgan fingerprint density at radius 1 is 1.09 bits per heavy atom. The number of carbonyl (C=O) groups is 2. The van der Waals surface area contributed by atoms with Crippen LogP contribution < -0.4 is 10.6 Å². The Hall–Kier alpha value is -2.60. The minimum absolute atomic E-state index is 0.00916. The molecule has 0 radical (unpaired) electrons. The molecule has 172 valence electrons. The number of rotatable bonds is 7. The number of phenols is 1. The highest BCUT2D eigenvalue weighted by Gasteiger charge is 2.38. The van der Waals surface area contributed by atoms with Gasteiger partial charge in [0.1, 0.15) is 5.75 Å². The molecule has 0 unspecified atom stereocenters. The predicted molar refractivity (Wildman–Crippen MR) is 127 cm³/mol. The lowest BCUT2D eigenvalue weighted by atomic mass is 9.89. The molecule has 32 heavy (non-hydrogen) atoms. The highest BCUT2D eigenvalue weighted by atomic mass is 16.3. The SMILES string of the molecule is CCCNC(=O)[C@@H]1C[C@H](NC(=O)c2ccc3ccccc3c2O)CN1CC1CCCCC1. The first-order chi connectivity index (χ1) is 15.6. The van der Waals surface area contributed by atoms with Crippen molar-refractivity contribution in [2.75, 3.05) is 19.6 Å². The molecule has 2 amide bonds. The summed E-state index contributed by atoms with van der Waals surface area (Å²) in [4.78, 5) is 28.1. The van der Waals surface area contributed by atoms with Gasteiger partial charge < -0.3 is 15.7 Å². The lowest BCUT2D eigenvalue weighted by molar-refractivity contribution is -0.125. The third-order valence-electron chi connectivity index (χ3n) is 6.95. The molecule has 1 saturated carbocycles. The van der Waals surface area contributed by atoms with Crippen LogP contribution in [0.15, 0.2) is 36.4 Å². The van der Waals surface area contributed by atoms with Gasteiger partial charge in [0.25, 0.3) is 5.91 Å². The van der Waals surface area contributed by atoms with Gasteiger partial charge in [-0.05, 0) is 43.1 Å². The van der Waals surface area contributed by atoms with Crippen molar-refractivity contribution in [3.05, 3.63) is 42.0 Å². The van der Waals surface area contributed by atoms with Crippen LogP contribution in [0.3, 0.4) is 0 Å². The van der Waals surface area contributed by atoms with Crippen LogP contribution in [0, 0.1) is 5.92 Å². The molecule has 2 aromatic rings. The largest absolute Gasteiger partial charge is 0.506 e. The molecule has 1 heterocycles. The second-order valence-corrected chi connectivity index (χ2v) is 9.35.